The van der Waals surface area contributed by atoms with E-state index in [2.05, 4.69) is 10.6 Å². The molecule has 0 aromatic rings. The first kappa shape index (κ1) is 20.5. The van der Waals surface area contributed by atoms with Crippen LogP contribution in [0.5, 0.6) is 0 Å². The van der Waals surface area contributed by atoms with Gasteiger partial charge in [-0.3, -0.25) is 14.4 Å². The third-order valence-electron chi connectivity index (χ3n) is 2.61. The summed E-state index contributed by atoms with van der Waals surface area (Å²) >= 11 is 0. The predicted molar refractivity (Wildman–Crippen MR) is 79.3 cm³/mol. The Kier molecular flexibility index (Phi) is 13.4. The first-order valence-corrected chi connectivity index (χ1v) is 7.41. The topological polar surface area (TPSA) is 114 Å². The van der Waals surface area contributed by atoms with Crippen molar-refractivity contribution in [2.45, 2.75) is 26.2 Å². The van der Waals surface area contributed by atoms with Crippen LogP contribution >= 0.6 is 0 Å². The largest absolute Gasteiger partial charge is 0.394 e. The number of nitrogens with one attached hydrogen (secondary N) is 2. The molecule has 0 saturated heterocycles. The third kappa shape index (κ3) is 13.5. The standard InChI is InChI=1S/C14H26N2O6/c1-2-12(18)11-22-9-6-16-13(19)3-5-15-14(20)4-8-21-10-7-17/h17H,2-11H2,1H3,(H,15,20)(H,16,19). The summed E-state index contributed by atoms with van der Waals surface area (Å²) in [6, 6.07) is 0. The summed E-state index contributed by atoms with van der Waals surface area (Å²) in [5.41, 5.74) is 0. The van der Waals surface area contributed by atoms with E-state index in [0.29, 0.717) is 13.0 Å². The monoisotopic (exact) mass is 318 g/mol. The Morgan fingerprint density at radius 2 is 1.59 bits per heavy atom. The summed E-state index contributed by atoms with van der Waals surface area (Å²) < 4.78 is 10.0. The zero-order chi connectivity index (χ0) is 16.6. The van der Waals surface area contributed by atoms with Crippen molar-refractivity contribution >= 4 is 17.6 Å². The molecule has 0 aliphatic rings. The average molecular weight is 318 g/mol. The van der Waals surface area contributed by atoms with E-state index in [9.17, 15) is 14.4 Å². The van der Waals surface area contributed by atoms with E-state index in [4.69, 9.17) is 14.6 Å². The summed E-state index contributed by atoms with van der Waals surface area (Å²) in [7, 11) is 0. The Balaban J connectivity index is 3.42. The summed E-state index contributed by atoms with van der Waals surface area (Å²) in [6.07, 6.45) is 0.815. The van der Waals surface area contributed by atoms with Gasteiger partial charge in [0.1, 0.15) is 6.61 Å². The maximum atomic E-state index is 11.4. The molecule has 128 valence electrons. The van der Waals surface area contributed by atoms with Crippen molar-refractivity contribution in [2.75, 3.05) is 46.1 Å². The van der Waals surface area contributed by atoms with Crippen LogP contribution < -0.4 is 10.6 Å². The van der Waals surface area contributed by atoms with Crippen molar-refractivity contribution in [2.24, 2.45) is 0 Å². The first-order chi connectivity index (χ1) is 10.6. The van der Waals surface area contributed by atoms with E-state index in [1.807, 2.05) is 0 Å². The van der Waals surface area contributed by atoms with Gasteiger partial charge in [0.2, 0.25) is 11.8 Å². The second-order valence-electron chi connectivity index (χ2n) is 4.48. The maximum absolute atomic E-state index is 11.4. The van der Waals surface area contributed by atoms with Gasteiger partial charge in [-0.25, -0.2) is 0 Å². The number of hydrogen-bond acceptors (Lipinski definition) is 6. The highest BCUT2D eigenvalue weighted by molar-refractivity contribution is 5.79. The molecule has 8 nitrogen and oxygen atoms in total. The number of ether oxygens (including phenoxy) is 2. The number of Topliss-reactive ketones (excluding diaryl/α,β-unsaturated/α-hetero) is 1. The van der Waals surface area contributed by atoms with E-state index >= 15 is 0 Å². The SMILES string of the molecule is CCC(=O)COCCNC(=O)CCNC(=O)CCOCCO. The van der Waals surface area contributed by atoms with Gasteiger partial charge in [0.25, 0.3) is 0 Å². The van der Waals surface area contributed by atoms with Gasteiger partial charge in [-0.2, -0.15) is 0 Å². The smallest absolute Gasteiger partial charge is 0.222 e. The molecule has 0 aliphatic carbocycles. The van der Waals surface area contributed by atoms with E-state index < -0.39 is 0 Å². The fourth-order valence-corrected chi connectivity index (χ4v) is 1.37. The summed E-state index contributed by atoms with van der Waals surface area (Å²) in [5.74, 6) is -0.369. The predicted octanol–water partition coefficient (Wildman–Crippen LogP) is -0.996. The normalized spacial score (nSPS) is 10.3. The highest BCUT2D eigenvalue weighted by Crippen LogP contribution is 1.85. The second-order valence-corrected chi connectivity index (χ2v) is 4.48. The minimum absolute atomic E-state index is 0.0250. The third-order valence-corrected chi connectivity index (χ3v) is 2.61. The zero-order valence-electron chi connectivity index (χ0n) is 13.1. The van der Waals surface area contributed by atoms with Crippen LogP contribution in [0.25, 0.3) is 0 Å². The molecule has 8 heteroatoms. The van der Waals surface area contributed by atoms with E-state index in [-0.39, 0.29) is 70.0 Å². The van der Waals surface area contributed by atoms with Gasteiger partial charge in [-0.05, 0) is 0 Å². The molecule has 2 amide bonds. The minimum atomic E-state index is -0.202. The molecule has 0 aromatic heterocycles. The lowest BCUT2D eigenvalue weighted by Gasteiger charge is -2.07. The molecule has 0 heterocycles. The number of aliphatic hydroxyl groups excluding tert-OH is 1. The van der Waals surface area contributed by atoms with Crippen molar-refractivity contribution in [1.29, 1.82) is 0 Å². The molecule has 0 rings (SSSR count). The van der Waals surface area contributed by atoms with Gasteiger partial charge >= 0.3 is 0 Å². The quantitative estimate of drug-likeness (QED) is 0.354. The van der Waals surface area contributed by atoms with Gasteiger partial charge in [0, 0.05) is 32.4 Å². The molecule has 0 aromatic carbocycles. The summed E-state index contributed by atoms with van der Waals surface area (Å²) in [5, 5.41) is 13.7. The number of rotatable bonds is 14. The molecule has 0 spiro atoms. The van der Waals surface area contributed by atoms with E-state index in [0.717, 1.165) is 0 Å². The number of hydrogen-bond donors (Lipinski definition) is 3. The molecule has 3 N–H and O–H groups in total. The molecule has 0 fully saturated rings. The molecule has 0 radical (unpaired) electrons. The van der Waals surface area contributed by atoms with Crippen LogP contribution in [0.3, 0.4) is 0 Å². The fraction of sp³-hybridized carbons (Fsp3) is 0.786. The number of carbonyl (C=O) groups is 3. The molecular weight excluding hydrogens is 292 g/mol. The number of aliphatic hydroxyl groups is 1. The molecular formula is C14H26N2O6. The molecule has 0 aliphatic heterocycles. The van der Waals surface area contributed by atoms with Crippen molar-refractivity contribution in [3.05, 3.63) is 0 Å². The van der Waals surface area contributed by atoms with Crippen LogP contribution in [-0.4, -0.2) is 68.8 Å². The minimum Gasteiger partial charge on any atom is -0.394 e. The Bertz CT molecular complexity index is 335. The van der Waals surface area contributed by atoms with E-state index in [1.165, 1.54) is 0 Å². The van der Waals surface area contributed by atoms with Gasteiger partial charge in [0.05, 0.1) is 26.4 Å². The average Bonchev–Trinajstić information content (AvgIpc) is 2.51. The van der Waals surface area contributed by atoms with Crippen molar-refractivity contribution in [3.8, 4) is 0 Å². The Morgan fingerprint density at radius 3 is 2.27 bits per heavy atom. The molecule has 22 heavy (non-hydrogen) atoms. The molecule has 0 bridgehead atoms. The Labute approximate surface area is 130 Å². The van der Waals surface area contributed by atoms with Gasteiger partial charge in [-0.1, -0.05) is 6.92 Å². The molecule has 0 atom stereocenters. The van der Waals surface area contributed by atoms with Crippen molar-refractivity contribution < 1.29 is 29.0 Å². The zero-order valence-corrected chi connectivity index (χ0v) is 13.1. The summed E-state index contributed by atoms with van der Waals surface area (Å²) in [4.78, 5) is 33.7. The lowest BCUT2D eigenvalue weighted by atomic mass is 10.3. The van der Waals surface area contributed by atoms with Gasteiger partial charge in [0.15, 0.2) is 5.78 Å². The van der Waals surface area contributed by atoms with Crippen LogP contribution in [0.4, 0.5) is 0 Å². The number of ketones is 1. The van der Waals surface area contributed by atoms with Crippen LogP contribution in [-0.2, 0) is 23.9 Å². The second kappa shape index (κ2) is 14.4. The van der Waals surface area contributed by atoms with Gasteiger partial charge in [-0.15, -0.1) is 0 Å². The molecule has 0 unspecified atom stereocenters. The van der Waals surface area contributed by atoms with Crippen molar-refractivity contribution in [1.82, 2.24) is 10.6 Å². The maximum Gasteiger partial charge on any atom is 0.222 e. The lowest BCUT2D eigenvalue weighted by Crippen LogP contribution is -2.32. The summed E-state index contributed by atoms with van der Waals surface area (Å²) in [6.45, 7) is 3.08. The highest BCUT2D eigenvalue weighted by atomic mass is 16.5. The van der Waals surface area contributed by atoms with E-state index in [1.54, 1.807) is 6.92 Å². The van der Waals surface area contributed by atoms with Crippen LogP contribution in [0, 0.1) is 0 Å². The fourth-order valence-electron chi connectivity index (χ4n) is 1.37. The highest BCUT2D eigenvalue weighted by Gasteiger charge is 2.04. The Morgan fingerprint density at radius 1 is 0.909 bits per heavy atom. The van der Waals surface area contributed by atoms with Crippen LogP contribution in [0.15, 0.2) is 0 Å². The molecule has 0 saturated carbocycles. The lowest BCUT2D eigenvalue weighted by molar-refractivity contribution is -0.123. The Hall–Kier alpha value is -1.51. The van der Waals surface area contributed by atoms with Crippen LogP contribution in [0.2, 0.25) is 0 Å². The first-order valence-electron chi connectivity index (χ1n) is 7.41. The van der Waals surface area contributed by atoms with Crippen LogP contribution in [0.1, 0.15) is 26.2 Å². The number of amides is 2. The van der Waals surface area contributed by atoms with Crippen molar-refractivity contribution in [3.63, 3.8) is 0 Å². The number of carbonyl (C=O) groups excluding carboxylic acids is 3. The van der Waals surface area contributed by atoms with Gasteiger partial charge < -0.3 is 25.2 Å².